The summed E-state index contributed by atoms with van der Waals surface area (Å²) >= 11 is 0. The van der Waals surface area contributed by atoms with Crippen molar-refractivity contribution in [1.82, 2.24) is 15.1 Å². The molecule has 0 aromatic rings. The molecule has 1 heterocycles. The summed E-state index contributed by atoms with van der Waals surface area (Å²) in [5.41, 5.74) is 0.551. The molecule has 3 heteroatoms. The predicted octanol–water partition coefficient (Wildman–Crippen LogP) is 2.43. The van der Waals surface area contributed by atoms with Crippen molar-refractivity contribution in [2.45, 2.75) is 52.0 Å². The van der Waals surface area contributed by atoms with Gasteiger partial charge in [-0.1, -0.05) is 33.1 Å². The standard InChI is InChI=1S/C17H35N3/c1-5-18-13-17(9-7-6-8-10-17)14-20-11-15(2)16(12-20)19(3)4/h15-16,18H,5-14H2,1-4H3. The Labute approximate surface area is 126 Å². The topological polar surface area (TPSA) is 18.5 Å². The van der Waals surface area contributed by atoms with Gasteiger partial charge >= 0.3 is 0 Å². The summed E-state index contributed by atoms with van der Waals surface area (Å²) < 4.78 is 0. The Morgan fingerprint density at radius 3 is 2.40 bits per heavy atom. The van der Waals surface area contributed by atoms with Crippen molar-refractivity contribution in [3.8, 4) is 0 Å². The summed E-state index contributed by atoms with van der Waals surface area (Å²) in [6.07, 6.45) is 7.18. The van der Waals surface area contributed by atoms with Gasteiger partial charge in [0.1, 0.15) is 0 Å². The predicted molar refractivity (Wildman–Crippen MR) is 87.1 cm³/mol. The van der Waals surface area contributed by atoms with Crippen LogP contribution in [-0.2, 0) is 0 Å². The third-order valence-corrected chi connectivity index (χ3v) is 5.53. The molecule has 2 rings (SSSR count). The first-order valence-electron chi connectivity index (χ1n) is 8.66. The number of hydrogen-bond acceptors (Lipinski definition) is 3. The summed E-state index contributed by atoms with van der Waals surface area (Å²) in [5.74, 6) is 0.810. The Bertz CT molecular complexity index is 284. The van der Waals surface area contributed by atoms with Crippen LogP contribution in [0, 0.1) is 11.3 Å². The fraction of sp³-hybridized carbons (Fsp3) is 1.00. The van der Waals surface area contributed by atoms with E-state index in [1.807, 2.05) is 0 Å². The summed E-state index contributed by atoms with van der Waals surface area (Å²) in [4.78, 5) is 5.17. The SMILES string of the molecule is CCNCC1(CN2CC(C)C(N(C)C)C2)CCCCC1. The maximum absolute atomic E-state index is 3.64. The Kier molecular flexibility index (Phi) is 5.88. The largest absolute Gasteiger partial charge is 0.316 e. The second-order valence-electron chi connectivity index (χ2n) is 7.54. The first-order valence-corrected chi connectivity index (χ1v) is 8.66. The van der Waals surface area contributed by atoms with Crippen LogP contribution in [0.25, 0.3) is 0 Å². The van der Waals surface area contributed by atoms with Gasteiger partial charge in [-0.2, -0.15) is 0 Å². The molecule has 2 unspecified atom stereocenters. The third kappa shape index (κ3) is 3.96. The minimum Gasteiger partial charge on any atom is -0.316 e. The van der Waals surface area contributed by atoms with E-state index < -0.39 is 0 Å². The summed E-state index contributed by atoms with van der Waals surface area (Å²) in [6.45, 7) is 10.9. The number of rotatable bonds is 6. The lowest BCUT2D eigenvalue weighted by molar-refractivity contribution is 0.112. The second-order valence-corrected chi connectivity index (χ2v) is 7.54. The van der Waals surface area contributed by atoms with Gasteiger partial charge in [0.15, 0.2) is 0 Å². The van der Waals surface area contributed by atoms with E-state index in [2.05, 4.69) is 43.1 Å². The smallest absolute Gasteiger partial charge is 0.0254 e. The Morgan fingerprint density at radius 2 is 1.85 bits per heavy atom. The average Bonchev–Trinajstić information content (AvgIpc) is 2.78. The van der Waals surface area contributed by atoms with Gasteiger partial charge in [0.25, 0.3) is 0 Å². The van der Waals surface area contributed by atoms with Gasteiger partial charge in [0.2, 0.25) is 0 Å². The highest BCUT2D eigenvalue weighted by molar-refractivity contribution is 4.93. The number of nitrogens with zero attached hydrogens (tertiary/aromatic N) is 2. The first kappa shape index (κ1) is 16.3. The van der Waals surface area contributed by atoms with E-state index in [1.165, 1.54) is 58.3 Å². The van der Waals surface area contributed by atoms with Crippen molar-refractivity contribution >= 4 is 0 Å². The van der Waals surface area contributed by atoms with Gasteiger partial charge < -0.3 is 15.1 Å². The van der Waals surface area contributed by atoms with Crippen LogP contribution in [0.4, 0.5) is 0 Å². The summed E-state index contributed by atoms with van der Waals surface area (Å²) in [7, 11) is 4.47. The molecule has 2 atom stereocenters. The van der Waals surface area contributed by atoms with Gasteiger partial charge in [-0.05, 0) is 44.8 Å². The van der Waals surface area contributed by atoms with Crippen molar-refractivity contribution in [3.63, 3.8) is 0 Å². The Morgan fingerprint density at radius 1 is 1.15 bits per heavy atom. The lowest BCUT2D eigenvalue weighted by Crippen LogP contribution is -2.45. The summed E-state index contributed by atoms with van der Waals surface area (Å²) in [6, 6.07) is 0.745. The van der Waals surface area contributed by atoms with Crippen LogP contribution in [0.15, 0.2) is 0 Å². The zero-order valence-electron chi connectivity index (χ0n) is 14.1. The number of hydrogen-bond donors (Lipinski definition) is 1. The fourth-order valence-electron chi connectivity index (χ4n) is 4.41. The van der Waals surface area contributed by atoms with Gasteiger partial charge in [0.05, 0.1) is 0 Å². The van der Waals surface area contributed by atoms with Crippen LogP contribution >= 0.6 is 0 Å². The zero-order valence-corrected chi connectivity index (χ0v) is 14.1. The zero-order chi connectivity index (χ0) is 14.6. The molecule has 1 aliphatic carbocycles. The van der Waals surface area contributed by atoms with Crippen LogP contribution in [0.3, 0.4) is 0 Å². The monoisotopic (exact) mass is 281 g/mol. The lowest BCUT2D eigenvalue weighted by Gasteiger charge is -2.40. The van der Waals surface area contributed by atoms with Crippen molar-refractivity contribution < 1.29 is 0 Å². The molecule has 1 N–H and O–H groups in total. The van der Waals surface area contributed by atoms with Gasteiger partial charge in [-0.25, -0.2) is 0 Å². The molecule has 2 aliphatic rings. The van der Waals surface area contributed by atoms with Crippen molar-refractivity contribution in [3.05, 3.63) is 0 Å². The molecule has 1 aliphatic heterocycles. The van der Waals surface area contributed by atoms with Crippen molar-refractivity contribution in [1.29, 1.82) is 0 Å². The lowest BCUT2D eigenvalue weighted by atomic mass is 9.73. The molecular weight excluding hydrogens is 246 g/mol. The molecule has 0 spiro atoms. The molecule has 1 saturated carbocycles. The molecule has 3 nitrogen and oxygen atoms in total. The quantitative estimate of drug-likeness (QED) is 0.807. The van der Waals surface area contributed by atoms with Gasteiger partial charge in [0, 0.05) is 32.2 Å². The maximum atomic E-state index is 3.64. The van der Waals surface area contributed by atoms with Crippen molar-refractivity contribution in [2.75, 3.05) is 46.8 Å². The van der Waals surface area contributed by atoms with Gasteiger partial charge in [-0.15, -0.1) is 0 Å². The second kappa shape index (κ2) is 7.24. The molecule has 118 valence electrons. The molecule has 1 saturated heterocycles. The maximum Gasteiger partial charge on any atom is 0.0254 e. The minimum atomic E-state index is 0.551. The molecule has 2 fully saturated rings. The van der Waals surface area contributed by atoms with Crippen LogP contribution < -0.4 is 5.32 Å². The Hall–Kier alpha value is -0.120. The number of likely N-dealkylation sites (tertiary alicyclic amines) is 1. The molecule has 0 aromatic carbocycles. The van der Waals surface area contributed by atoms with E-state index in [4.69, 9.17) is 0 Å². The molecule has 20 heavy (non-hydrogen) atoms. The van der Waals surface area contributed by atoms with Crippen LogP contribution in [0.5, 0.6) is 0 Å². The molecule has 0 amide bonds. The van der Waals surface area contributed by atoms with Crippen molar-refractivity contribution in [2.24, 2.45) is 11.3 Å². The highest BCUT2D eigenvalue weighted by atomic mass is 15.2. The van der Waals surface area contributed by atoms with E-state index in [-0.39, 0.29) is 0 Å². The average molecular weight is 281 g/mol. The number of nitrogens with one attached hydrogen (secondary N) is 1. The number of likely N-dealkylation sites (N-methyl/N-ethyl adjacent to an activating group) is 1. The minimum absolute atomic E-state index is 0.551. The Balaban J connectivity index is 1.94. The molecular formula is C17H35N3. The highest BCUT2D eigenvalue weighted by Crippen LogP contribution is 2.37. The van der Waals surface area contributed by atoms with E-state index in [0.717, 1.165) is 18.5 Å². The van der Waals surface area contributed by atoms with E-state index in [0.29, 0.717) is 5.41 Å². The van der Waals surface area contributed by atoms with E-state index >= 15 is 0 Å². The summed E-state index contributed by atoms with van der Waals surface area (Å²) in [5, 5.41) is 3.64. The molecule has 0 aromatic heterocycles. The molecule has 0 radical (unpaired) electrons. The highest BCUT2D eigenvalue weighted by Gasteiger charge is 2.38. The van der Waals surface area contributed by atoms with Gasteiger partial charge in [-0.3, -0.25) is 0 Å². The van der Waals surface area contributed by atoms with E-state index in [9.17, 15) is 0 Å². The van der Waals surface area contributed by atoms with Crippen LogP contribution in [0.2, 0.25) is 0 Å². The van der Waals surface area contributed by atoms with E-state index in [1.54, 1.807) is 0 Å². The fourth-order valence-corrected chi connectivity index (χ4v) is 4.41. The third-order valence-electron chi connectivity index (χ3n) is 5.53. The first-order chi connectivity index (χ1) is 9.56. The molecule has 0 bridgehead atoms. The van der Waals surface area contributed by atoms with Crippen LogP contribution in [0.1, 0.15) is 46.0 Å². The van der Waals surface area contributed by atoms with Crippen LogP contribution in [-0.4, -0.2) is 62.7 Å². The normalized spacial score (nSPS) is 31.1.